The molecule has 1 amide bonds. The lowest BCUT2D eigenvalue weighted by molar-refractivity contribution is -0.106. The van der Waals surface area contributed by atoms with Crippen molar-refractivity contribution < 1.29 is 9.00 Å². The highest BCUT2D eigenvalue weighted by Crippen LogP contribution is 2.36. The molecule has 0 radical (unpaired) electrons. The highest BCUT2D eigenvalue weighted by Gasteiger charge is 2.29. The fourth-order valence-corrected chi connectivity index (χ4v) is 5.99. The smallest absolute Gasteiger partial charge is 0.204 e. The summed E-state index contributed by atoms with van der Waals surface area (Å²) in [5, 5.41) is 0. The molecule has 1 aliphatic rings. The van der Waals surface area contributed by atoms with Crippen LogP contribution in [0.2, 0.25) is 0 Å². The van der Waals surface area contributed by atoms with Gasteiger partial charge in [0.05, 0.1) is 22.3 Å². The zero-order chi connectivity index (χ0) is 28.3. The van der Waals surface area contributed by atoms with Crippen LogP contribution in [0.4, 0.5) is 5.69 Å². The summed E-state index contributed by atoms with van der Waals surface area (Å²) in [7, 11) is -2.75. The van der Waals surface area contributed by atoms with E-state index in [0.29, 0.717) is 6.54 Å². The largest absolute Gasteiger partial charge is 0.372 e. The van der Waals surface area contributed by atoms with Crippen LogP contribution in [0, 0.1) is 6.92 Å². The number of hydrogen-bond donors (Lipinski definition) is 1. The van der Waals surface area contributed by atoms with E-state index in [1.165, 1.54) is 23.1 Å². The lowest BCUT2D eigenvalue weighted by Gasteiger charge is -2.34. The first-order chi connectivity index (χ1) is 18.1. The van der Waals surface area contributed by atoms with Gasteiger partial charge in [-0.1, -0.05) is 87.9 Å². The first kappa shape index (κ1) is 30.7. The fraction of sp³-hybridized carbons (Fsp3) is 0.312. The highest BCUT2D eigenvalue weighted by atomic mass is 32.2. The van der Waals surface area contributed by atoms with Crippen molar-refractivity contribution in [3.63, 3.8) is 0 Å². The minimum absolute atomic E-state index is 0.239. The second-order valence-corrected chi connectivity index (χ2v) is 11.6. The molecule has 0 fully saturated rings. The van der Waals surface area contributed by atoms with E-state index in [-0.39, 0.29) is 12.5 Å². The van der Waals surface area contributed by atoms with Crippen LogP contribution >= 0.6 is 0 Å². The van der Waals surface area contributed by atoms with Gasteiger partial charge in [-0.2, -0.15) is 0 Å². The molecule has 1 aliphatic heterocycles. The normalized spacial score (nSPS) is 15.1. The fourth-order valence-electron chi connectivity index (χ4n) is 4.36. The topological polar surface area (TPSA) is 66.6 Å². The summed E-state index contributed by atoms with van der Waals surface area (Å²) in [6, 6.07) is 24.9. The highest BCUT2D eigenvalue weighted by molar-refractivity contribution is 8.01. The number of primary amides is 1. The van der Waals surface area contributed by atoms with Crippen LogP contribution in [-0.2, 0) is 27.5 Å². The number of carbonyl (C=O) groups excluding carboxylic acids is 1. The number of nitrogens with two attached hydrogens (primary N) is 1. The second-order valence-electron chi connectivity index (χ2n) is 9.42. The molecule has 204 valence electrons. The van der Waals surface area contributed by atoms with Crippen molar-refractivity contribution in [1.82, 2.24) is 4.90 Å². The predicted molar refractivity (Wildman–Crippen MR) is 164 cm³/mol. The van der Waals surface area contributed by atoms with Crippen LogP contribution in [0.25, 0.3) is 0 Å². The Labute approximate surface area is 230 Å². The summed E-state index contributed by atoms with van der Waals surface area (Å²) in [6.07, 6.45) is 2.47. The molecule has 0 aromatic heterocycles. The Bertz CT molecular complexity index is 1280. The summed E-state index contributed by atoms with van der Waals surface area (Å²) in [6.45, 7) is 16.3. The molecule has 2 atom stereocenters. The van der Waals surface area contributed by atoms with Crippen molar-refractivity contribution in [3.8, 4) is 0 Å². The molecule has 0 spiro atoms. The number of benzene rings is 3. The Hall–Kier alpha value is -3.51. The maximum Gasteiger partial charge on any atom is 0.204 e. The summed E-state index contributed by atoms with van der Waals surface area (Å²) >= 11 is 0. The van der Waals surface area contributed by atoms with E-state index in [4.69, 9.17) is 4.79 Å². The molecule has 2 unspecified atom stereocenters. The van der Waals surface area contributed by atoms with Gasteiger partial charge in [0.2, 0.25) is 6.41 Å². The SMILES string of the molecule is C=C(CN(c1ccc(CC)cc1)S(=C)(=O)c1ccc(C)cc1)N1Cc2ccccc2C1C.CCC.NC=O. The van der Waals surface area contributed by atoms with E-state index in [1.807, 2.05) is 47.6 Å². The molecule has 3 aromatic carbocycles. The molecule has 4 rings (SSSR count). The molecular weight excluding hydrogens is 490 g/mol. The minimum Gasteiger partial charge on any atom is -0.372 e. The Morgan fingerprint density at radius 1 is 1.05 bits per heavy atom. The quantitative estimate of drug-likeness (QED) is 0.273. The van der Waals surface area contributed by atoms with Crippen molar-refractivity contribution >= 4 is 27.7 Å². The lowest BCUT2D eigenvalue weighted by Crippen LogP contribution is -2.36. The maximum absolute atomic E-state index is 14.2. The van der Waals surface area contributed by atoms with Gasteiger partial charge in [0.25, 0.3) is 0 Å². The van der Waals surface area contributed by atoms with Crippen LogP contribution in [-0.4, -0.2) is 27.9 Å². The van der Waals surface area contributed by atoms with Crippen molar-refractivity contribution in [2.45, 2.75) is 64.9 Å². The minimum atomic E-state index is -2.75. The van der Waals surface area contributed by atoms with Crippen LogP contribution in [0.15, 0.2) is 90.0 Å². The Balaban J connectivity index is 0.000000773. The third-order valence-electron chi connectivity index (χ3n) is 6.42. The second kappa shape index (κ2) is 14.4. The number of hydrogen-bond acceptors (Lipinski definition) is 3. The monoisotopic (exact) mass is 533 g/mol. The molecule has 0 saturated carbocycles. The maximum atomic E-state index is 14.2. The molecule has 0 bridgehead atoms. The number of anilines is 1. The van der Waals surface area contributed by atoms with Crippen molar-refractivity contribution in [2.75, 3.05) is 10.8 Å². The van der Waals surface area contributed by atoms with E-state index in [2.05, 4.69) is 87.2 Å². The molecule has 1 heterocycles. The van der Waals surface area contributed by atoms with Gasteiger partial charge in [-0.15, -0.1) is 0 Å². The third kappa shape index (κ3) is 7.51. The molecule has 38 heavy (non-hydrogen) atoms. The van der Waals surface area contributed by atoms with Crippen LogP contribution in [0.3, 0.4) is 0 Å². The third-order valence-corrected chi connectivity index (χ3v) is 8.48. The lowest BCUT2D eigenvalue weighted by atomic mass is 10.1. The molecule has 2 N–H and O–H groups in total. The zero-order valence-corrected chi connectivity index (χ0v) is 24.3. The number of fused-ring (bicyclic) bond motifs is 1. The van der Waals surface area contributed by atoms with Crippen LogP contribution in [0.1, 0.15) is 62.4 Å². The Morgan fingerprint density at radius 3 is 2.13 bits per heavy atom. The molecule has 6 heteroatoms. The number of carbonyl (C=O) groups is 1. The van der Waals surface area contributed by atoms with Crippen molar-refractivity contribution in [1.29, 1.82) is 0 Å². The van der Waals surface area contributed by atoms with Gasteiger partial charge in [0.1, 0.15) is 0 Å². The number of nitrogens with zero attached hydrogens (tertiary/aromatic N) is 2. The Kier molecular flexibility index (Phi) is 11.7. The number of aryl methyl sites for hydroxylation is 2. The summed E-state index contributed by atoms with van der Waals surface area (Å²) < 4.78 is 16.1. The summed E-state index contributed by atoms with van der Waals surface area (Å²) in [5.74, 6) is 4.22. The summed E-state index contributed by atoms with van der Waals surface area (Å²) in [5.41, 5.74) is 11.1. The van der Waals surface area contributed by atoms with Gasteiger partial charge >= 0.3 is 0 Å². The average Bonchev–Trinajstić information content (AvgIpc) is 3.25. The van der Waals surface area contributed by atoms with E-state index in [1.54, 1.807) is 0 Å². The predicted octanol–water partition coefficient (Wildman–Crippen LogP) is 6.66. The standard InChI is InChI=1S/C28H32N2OS.C3H8.CH3NO/c1-6-24-13-15-26(16-14-24)30(32(5,31)27-17-11-21(2)12-18-27)19-22(3)29-20-25-9-7-8-10-28(25)23(29)4;1-3-2;2-1-3/h7-18,23H,3,5-6,19-20H2,1-2,4H3;3H2,1-2H3;1H,(H2,2,3). The summed E-state index contributed by atoms with van der Waals surface area (Å²) in [4.78, 5) is 11.6. The van der Waals surface area contributed by atoms with E-state index >= 15 is 0 Å². The first-order valence-electron chi connectivity index (χ1n) is 13.1. The zero-order valence-electron chi connectivity index (χ0n) is 23.5. The molecular formula is C32H43N3O2S. The first-order valence-corrected chi connectivity index (χ1v) is 14.8. The Morgan fingerprint density at radius 2 is 1.61 bits per heavy atom. The van der Waals surface area contributed by atoms with Gasteiger partial charge in [-0.3, -0.25) is 9.10 Å². The number of rotatable bonds is 7. The van der Waals surface area contributed by atoms with Gasteiger partial charge < -0.3 is 10.6 Å². The molecule has 0 aliphatic carbocycles. The number of amides is 1. The van der Waals surface area contributed by atoms with E-state index in [0.717, 1.165) is 34.8 Å². The van der Waals surface area contributed by atoms with Gasteiger partial charge in [0, 0.05) is 22.8 Å². The van der Waals surface area contributed by atoms with E-state index in [9.17, 15) is 4.21 Å². The van der Waals surface area contributed by atoms with Gasteiger partial charge in [-0.25, -0.2) is 4.21 Å². The molecule has 3 aromatic rings. The molecule has 5 nitrogen and oxygen atoms in total. The van der Waals surface area contributed by atoms with Gasteiger partial charge in [-0.05, 0) is 67.1 Å². The van der Waals surface area contributed by atoms with Crippen molar-refractivity contribution in [2.24, 2.45) is 5.73 Å². The van der Waals surface area contributed by atoms with Gasteiger partial charge in [0.15, 0.2) is 0 Å². The van der Waals surface area contributed by atoms with Crippen LogP contribution < -0.4 is 10.0 Å². The van der Waals surface area contributed by atoms with Crippen molar-refractivity contribution in [3.05, 3.63) is 107 Å². The molecule has 0 saturated heterocycles. The van der Waals surface area contributed by atoms with Crippen LogP contribution in [0.5, 0.6) is 0 Å². The average molecular weight is 534 g/mol. The van der Waals surface area contributed by atoms with E-state index < -0.39 is 9.71 Å².